The minimum atomic E-state index is -0.240. The second kappa shape index (κ2) is 11.6. The van der Waals surface area contributed by atoms with Gasteiger partial charge in [-0.3, -0.25) is 10.7 Å². The standard InChI is InChI=1S/C29H39NO5/c1-28(2,16-5-17-34-19-21-6-11-24(31)12-7-21)29(3,4)23-10-15-27(26(18-23)30-33)35-20-22-8-13-25(32)14-9-22/h5-6,8,10-11,13,15-16,18,30-33H,7,9,12,14,17,19-20H2,1-4H3/b16-5-. The zero-order chi connectivity index (χ0) is 25.5. The van der Waals surface area contributed by atoms with Crippen LogP contribution in [0.4, 0.5) is 5.69 Å². The van der Waals surface area contributed by atoms with Crippen molar-refractivity contribution in [2.45, 2.75) is 58.8 Å². The Kier molecular flexibility index (Phi) is 8.87. The minimum Gasteiger partial charge on any atom is -0.512 e. The predicted octanol–water partition coefficient (Wildman–Crippen LogP) is 7.07. The average Bonchev–Trinajstić information content (AvgIpc) is 2.84. The van der Waals surface area contributed by atoms with Gasteiger partial charge in [0.05, 0.1) is 24.7 Å². The monoisotopic (exact) mass is 481 g/mol. The van der Waals surface area contributed by atoms with Gasteiger partial charge in [-0.25, -0.2) is 0 Å². The van der Waals surface area contributed by atoms with E-state index in [4.69, 9.17) is 9.47 Å². The Labute approximate surface area is 208 Å². The van der Waals surface area contributed by atoms with Gasteiger partial charge in [0.1, 0.15) is 18.0 Å². The molecule has 0 heterocycles. The number of ether oxygens (including phenoxy) is 2. The average molecular weight is 482 g/mol. The van der Waals surface area contributed by atoms with Crippen molar-refractivity contribution in [2.75, 3.05) is 25.3 Å². The second-order valence-corrected chi connectivity index (χ2v) is 10.3. The van der Waals surface area contributed by atoms with Crippen LogP contribution in [0.25, 0.3) is 0 Å². The summed E-state index contributed by atoms with van der Waals surface area (Å²) < 4.78 is 11.8. The molecule has 0 unspecified atom stereocenters. The number of benzene rings is 1. The van der Waals surface area contributed by atoms with Crippen molar-refractivity contribution in [1.82, 2.24) is 0 Å². The second-order valence-electron chi connectivity index (χ2n) is 10.3. The number of rotatable bonds is 11. The van der Waals surface area contributed by atoms with E-state index in [0.717, 1.165) is 24.0 Å². The molecule has 0 fully saturated rings. The molecule has 2 aliphatic rings. The van der Waals surface area contributed by atoms with Gasteiger partial charge in [-0.15, -0.1) is 0 Å². The molecule has 0 aliphatic heterocycles. The van der Waals surface area contributed by atoms with Crippen LogP contribution >= 0.6 is 0 Å². The van der Waals surface area contributed by atoms with Crippen LogP contribution in [0.3, 0.4) is 0 Å². The summed E-state index contributed by atoms with van der Waals surface area (Å²) in [4.78, 5) is 0. The first-order valence-electron chi connectivity index (χ1n) is 12.2. The van der Waals surface area contributed by atoms with Crippen molar-refractivity contribution in [3.63, 3.8) is 0 Å². The Morgan fingerprint density at radius 3 is 2.09 bits per heavy atom. The topological polar surface area (TPSA) is 91.2 Å². The van der Waals surface area contributed by atoms with Crippen molar-refractivity contribution in [3.05, 3.63) is 82.9 Å². The Hall–Kier alpha value is -2.96. The van der Waals surface area contributed by atoms with Gasteiger partial charge in [-0.2, -0.15) is 0 Å². The number of anilines is 1. The van der Waals surface area contributed by atoms with E-state index < -0.39 is 0 Å². The SMILES string of the molecule is CC(C)(/C=C\COCC1=CC=C(O)CC1)C(C)(C)c1ccc(OCC2=CC=C(O)CC2)c(NO)c1. The highest BCUT2D eigenvalue weighted by molar-refractivity contribution is 5.58. The van der Waals surface area contributed by atoms with Crippen LogP contribution in [0.15, 0.2) is 77.3 Å². The van der Waals surface area contributed by atoms with Gasteiger partial charge in [0, 0.05) is 12.8 Å². The van der Waals surface area contributed by atoms with Crippen LogP contribution in [0, 0.1) is 5.41 Å². The normalized spacial score (nSPS) is 16.9. The molecule has 3 rings (SSSR count). The first-order valence-corrected chi connectivity index (χ1v) is 12.2. The number of aliphatic hydroxyl groups excluding tert-OH is 2. The zero-order valence-electron chi connectivity index (χ0n) is 21.3. The minimum absolute atomic E-state index is 0.189. The first-order chi connectivity index (χ1) is 16.6. The van der Waals surface area contributed by atoms with E-state index in [1.807, 2.05) is 30.4 Å². The highest BCUT2D eigenvalue weighted by Crippen LogP contribution is 2.44. The number of nitrogens with one attached hydrogen (secondary N) is 1. The van der Waals surface area contributed by atoms with E-state index in [1.54, 1.807) is 12.2 Å². The predicted molar refractivity (Wildman–Crippen MR) is 140 cm³/mol. The quantitative estimate of drug-likeness (QED) is 0.154. The fourth-order valence-corrected chi connectivity index (χ4v) is 4.06. The lowest BCUT2D eigenvalue weighted by molar-refractivity contribution is 0.181. The molecule has 2 aliphatic carbocycles. The molecule has 0 radical (unpaired) electrons. The van der Waals surface area contributed by atoms with Crippen LogP contribution in [-0.2, 0) is 10.2 Å². The van der Waals surface area contributed by atoms with E-state index in [-0.39, 0.29) is 10.8 Å². The number of hydrogen-bond acceptors (Lipinski definition) is 6. The summed E-state index contributed by atoms with van der Waals surface area (Å²) in [7, 11) is 0. The van der Waals surface area contributed by atoms with E-state index in [1.165, 1.54) is 5.57 Å². The van der Waals surface area contributed by atoms with Crippen LogP contribution < -0.4 is 10.2 Å². The van der Waals surface area contributed by atoms with Crippen molar-refractivity contribution < 1.29 is 24.9 Å². The first kappa shape index (κ1) is 26.6. The Bertz CT molecular complexity index is 1040. The third kappa shape index (κ3) is 7.03. The maximum atomic E-state index is 9.77. The molecule has 0 saturated heterocycles. The maximum absolute atomic E-state index is 9.77. The van der Waals surface area contributed by atoms with E-state index in [2.05, 4.69) is 45.3 Å². The molecule has 0 amide bonds. The Balaban J connectivity index is 1.61. The summed E-state index contributed by atoms with van der Waals surface area (Å²) in [6, 6.07) is 5.86. The highest BCUT2D eigenvalue weighted by atomic mass is 16.5. The van der Waals surface area contributed by atoms with Gasteiger partial charge in [0.15, 0.2) is 0 Å². The van der Waals surface area contributed by atoms with Gasteiger partial charge in [-0.05, 0) is 64.7 Å². The fourth-order valence-electron chi connectivity index (χ4n) is 4.06. The van der Waals surface area contributed by atoms with E-state index >= 15 is 0 Å². The van der Waals surface area contributed by atoms with Gasteiger partial charge >= 0.3 is 0 Å². The van der Waals surface area contributed by atoms with Gasteiger partial charge in [0.25, 0.3) is 0 Å². The summed E-state index contributed by atoms with van der Waals surface area (Å²) in [6.07, 6.45) is 14.4. The zero-order valence-corrected chi connectivity index (χ0v) is 21.3. The number of allylic oxidation sites excluding steroid dienone is 7. The van der Waals surface area contributed by atoms with Crippen LogP contribution in [0.5, 0.6) is 5.75 Å². The van der Waals surface area contributed by atoms with Crippen LogP contribution in [0.1, 0.15) is 58.9 Å². The van der Waals surface area contributed by atoms with Crippen molar-refractivity contribution >= 4 is 5.69 Å². The Morgan fingerprint density at radius 2 is 1.51 bits per heavy atom. The summed E-state index contributed by atoms with van der Waals surface area (Å²) in [6.45, 7) is 10.2. The molecule has 0 spiro atoms. The summed E-state index contributed by atoms with van der Waals surface area (Å²) in [5.74, 6) is 1.40. The largest absolute Gasteiger partial charge is 0.512 e. The van der Waals surface area contributed by atoms with E-state index in [0.29, 0.717) is 55.6 Å². The fraction of sp³-hybridized carbons (Fsp3) is 0.448. The summed E-state index contributed by atoms with van der Waals surface area (Å²) in [5, 5.41) is 28.7. The molecule has 0 saturated carbocycles. The molecule has 190 valence electrons. The molecule has 4 N–H and O–H groups in total. The van der Waals surface area contributed by atoms with Crippen molar-refractivity contribution in [1.29, 1.82) is 0 Å². The molecule has 6 nitrogen and oxygen atoms in total. The van der Waals surface area contributed by atoms with Gasteiger partial charge in [0.2, 0.25) is 0 Å². The highest BCUT2D eigenvalue weighted by Gasteiger charge is 2.36. The van der Waals surface area contributed by atoms with Gasteiger partial charge in [-0.1, -0.05) is 58.1 Å². The molecule has 1 aromatic rings. The lowest BCUT2D eigenvalue weighted by atomic mass is 9.64. The number of hydrogen-bond donors (Lipinski definition) is 4. The van der Waals surface area contributed by atoms with Crippen LogP contribution in [0.2, 0.25) is 0 Å². The summed E-state index contributed by atoms with van der Waals surface area (Å²) in [5.41, 5.74) is 5.74. The maximum Gasteiger partial charge on any atom is 0.145 e. The van der Waals surface area contributed by atoms with Crippen molar-refractivity contribution in [2.24, 2.45) is 5.41 Å². The lowest BCUT2D eigenvalue weighted by Crippen LogP contribution is -2.35. The molecule has 35 heavy (non-hydrogen) atoms. The molecule has 6 heteroatoms. The smallest absolute Gasteiger partial charge is 0.145 e. The van der Waals surface area contributed by atoms with Gasteiger partial charge < -0.3 is 19.7 Å². The Morgan fingerprint density at radius 1 is 0.886 bits per heavy atom. The molecule has 0 bridgehead atoms. The molecule has 0 atom stereocenters. The third-order valence-corrected chi connectivity index (χ3v) is 7.31. The van der Waals surface area contributed by atoms with Crippen molar-refractivity contribution in [3.8, 4) is 5.75 Å². The molecular weight excluding hydrogens is 442 g/mol. The lowest BCUT2D eigenvalue weighted by Gasteiger charge is -2.40. The molecular formula is C29H39NO5. The summed E-state index contributed by atoms with van der Waals surface area (Å²) >= 11 is 0. The molecule has 0 aromatic heterocycles. The third-order valence-electron chi connectivity index (χ3n) is 7.31. The van der Waals surface area contributed by atoms with Crippen LogP contribution in [-0.4, -0.2) is 35.2 Å². The molecule has 1 aromatic carbocycles. The van der Waals surface area contributed by atoms with E-state index in [9.17, 15) is 15.4 Å². The number of aliphatic hydroxyl groups is 2.